The van der Waals surface area contributed by atoms with E-state index in [4.69, 9.17) is 11.6 Å². The Kier molecular flexibility index (Phi) is 3.33. The Morgan fingerprint density at radius 2 is 2.15 bits per heavy atom. The van der Waals surface area contributed by atoms with E-state index in [1.165, 1.54) is 11.7 Å². The largest absolute Gasteiger partial charge is 0.323 e. The Morgan fingerprint density at radius 3 is 2.95 bits per heavy atom. The third kappa shape index (κ3) is 2.35. The summed E-state index contributed by atoms with van der Waals surface area (Å²) in [7, 11) is 3.36. The van der Waals surface area contributed by atoms with Crippen LogP contribution in [0.5, 0.6) is 0 Å². The van der Waals surface area contributed by atoms with E-state index in [2.05, 4.69) is 29.1 Å². The number of nitrogens with zero attached hydrogens (tertiary/aromatic N) is 6. The Balaban J connectivity index is 1.90. The zero-order valence-electron chi connectivity index (χ0n) is 10.7. The Bertz CT molecular complexity index is 791. The Labute approximate surface area is 123 Å². The van der Waals surface area contributed by atoms with E-state index in [1.807, 2.05) is 18.2 Å². The van der Waals surface area contributed by atoms with E-state index in [0.29, 0.717) is 16.9 Å². The number of aliphatic imine (C=N–C) groups is 1. The molecule has 0 unspecified atom stereocenters. The van der Waals surface area contributed by atoms with Crippen LogP contribution in [-0.2, 0) is 7.05 Å². The fourth-order valence-electron chi connectivity index (χ4n) is 1.71. The maximum Gasteiger partial charge on any atom is 0.247 e. The molecule has 0 saturated carbocycles. The summed E-state index contributed by atoms with van der Waals surface area (Å²) >= 11 is 7.14. The topological polar surface area (TPSA) is 80.9 Å². The van der Waals surface area contributed by atoms with E-state index in [-0.39, 0.29) is 0 Å². The standard InChI is InChI=1S/C11H10ClN7S/c1-13-9(12)10-15-11(16-19(10)2)14-6-3-4-7-8(5-6)18-20-17-7/h3-5H,1-2H3,(H,14,16). The second kappa shape index (κ2) is 5.14. The van der Waals surface area contributed by atoms with Crippen molar-refractivity contribution in [2.75, 3.05) is 12.4 Å². The molecule has 1 N–H and O–H groups in total. The second-order valence-electron chi connectivity index (χ2n) is 3.99. The monoisotopic (exact) mass is 307 g/mol. The fraction of sp³-hybridized carbons (Fsp3) is 0.182. The molecule has 0 atom stereocenters. The number of hydrogen-bond donors (Lipinski definition) is 1. The SMILES string of the molecule is CN=C(Cl)c1nc(Nc2ccc3nsnc3c2)nn1C. The molecule has 0 radical (unpaired) electrons. The molecule has 9 heteroatoms. The molecular weight excluding hydrogens is 298 g/mol. The molecule has 0 aliphatic rings. The number of fused-ring (bicyclic) bond motifs is 1. The third-order valence-corrected chi connectivity index (χ3v) is 3.55. The fourth-order valence-corrected chi connectivity index (χ4v) is 2.39. The van der Waals surface area contributed by atoms with Crippen molar-refractivity contribution in [1.29, 1.82) is 0 Å². The first-order valence-electron chi connectivity index (χ1n) is 5.70. The number of anilines is 2. The first-order chi connectivity index (χ1) is 9.67. The lowest BCUT2D eigenvalue weighted by Gasteiger charge is -2.00. The van der Waals surface area contributed by atoms with Crippen LogP contribution in [0.15, 0.2) is 23.2 Å². The molecule has 0 amide bonds. The number of rotatable bonds is 3. The average Bonchev–Trinajstić information content (AvgIpc) is 3.04. The van der Waals surface area contributed by atoms with Gasteiger partial charge in [-0.2, -0.15) is 13.7 Å². The third-order valence-electron chi connectivity index (χ3n) is 2.65. The van der Waals surface area contributed by atoms with Gasteiger partial charge >= 0.3 is 0 Å². The normalized spacial score (nSPS) is 12.1. The van der Waals surface area contributed by atoms with Crippen LogP contribution in [0.4, 0.5) is 11.6 Å². The van der Waals surface area contributed by atoms with Gasteiger partial charge in [0.15, 0.2) is 11.0 Å². The van der Waals surface area contributed by atoms with Crippen LogP contribution in [-0.4, -0.2) is 35.7 Å². The smallest absolute Gasteiger partial charge is 0.247 e. The van der Waals surface area contributed by atoms with Gasteiger partial charge in [0.2, 0.25) is 5.95 Å². The molecule has 0 fully saturated rings. The highest BCUT2D eigenvalue weighted by Crippen LogP contribution is 2.19. The van der Waals surface area contributed by atoms with Crippen molar-refractivity contribution in [3.05, 3.63) is 24.0 Å². The van der Waals surface area contributed by atoms with Crippen molar-refractivity contribution >= 4 is 51.2 Å². The first-order valence-corrected chi connectivity index (χ1v) is 6.81. The highest BCUT2D eigenvalue weighted by molar-refractivity contribution is 7.00. The summed E-state index contributed by atoms with van der Waals surface area (Å²) in [6, 6.07) is 5.69. The number of benzene rings is 1. The van der Waals surface area contributed by atoms with Crippen LogP contribution in [0.25, 0.3) is 11.0 Å². The summed E-state index contributed by atoms with van der Waals surface area (Å²) in [4.78, 5) is 8.18. The van der Waals surface area contributed by atoms with Gasteiger partial charge in [-0.05, 0) is 18.2 Å². The quantitative estimate of drug-likeness (QED) is 0.750. The zero-order chi connectivity index (χ0) is 14.1. The van der Waals surface area contributed by atoms with Gasteiger partial charge in [0.1, 0.15) is 11.0 Å². The van der Waals surface area contributed by atoms with Gasteiger partial charge < -0.3 is 5.32 Å². The summed E-state index contributed by atoms with van der Waals surface area (Å²) in [5, 5.41) is 7.66. The van der Waals surface area contributed by atoms with Gasteiger partial charge in [-0.1, -0.05) is 11.6 Å². The lowest BCUT2D eigenvalue weighted by molar-refractivity contribution is 0.761. The van der Waals surface area contributed by atoms with E-state index < -0.39 is 0 Å². The van der Waals surface area contributed by atoms with Crippen LogP contribution in [0.1, 0.15) is 5.82 Å². The van der Waals surface area contributed by atoms with Crippen molar-refractivity contribution in [3.63, 3.8) is 0 Å². The molecule has 3 rings (SSSR count). The molecule has 3 aromatic rings. The van der Waals surface area contributed by atoms with Crippen LogP contribution in [0, 0.1) is 0 Å². The minimum Gasteiger partial charge on any atom is -0.323 e. The van der Waals surface area contributed by atoms with Crippen molar-refractivity contribution in [2.24, 2.45) is 12.0 Å². The van der Waals surface area contributed by atoms with Crippen LogP contribution in [0.3, 0.4) is 0 Å². The predicted octanol–water partition coefficient (Wildman–Crippen LogP) is 2.18. The molecule has 0 saturated heterocycles. The van der Waals surface area contributed by atoms with Gasteiger partial charge in [0.05, 0.1) is 11.7 Å². The molecule has 0 aliphatic carbocycles. The zero-order valence-corrected chi connectivity index (χ0v) is 12.3. The highest BCUT2D eigenvalue weighted by Gasteiger charge is 2.11. The summed E-state index contributed by atoms with van der Waals surface area (Å²) in [5.41, 5.74) is 2.55. The van der Waals surface area contributed by atoms with Crippen molar-refractivity contribution in [1.82, 2.24) is 23.5 Å². The lowest BCUT2D eigenvalue weighted by Crippen LogP contribution is -2.03. The van der Waals surface area contributed by atoms with E-state index in [1.54, 1.807) is 18.8 Å². The minimum atomic E-state index is 0.312. The summed E-state index contributed by atoms with van der Waals surface area (Å²) in [6.45, 7) is 0. The van der Waals surface area contributed by atoms with Gasteiger partial charge in [0.25, 0.3) is 0 Å². The highest BCUT2D eigenvalue weighted by atomic mass is 35.5. The van der Waals surface area contributed by atoms with Crippen molar-refractivity contribution in [3.8, 4) is 0 Å². The van der Waals surface area contributed by atoms with Gasteiger partial charge in [-0.15, -0.1) is 5.10 Å². The molecule has 0 bridgehead atoms. The number of halogens is 1. The summed E-state index contributed by atoms with van der Waals surface area (Å²) in [5.74, 6) is 0.958. The number of nitrogens with one attached hydrogen (secondary N) is 1. The number of aromatic nitrogens is 5. The molecular formula is C11H10ClN7S. The van der Waals surface area contributed by atoms with E-state index >= 15 is 0 Å². The molecule has 102 valence electrons. The van der Waals surface area contributed by atoms with E-state index in [0.717, 1.165) is 16.7 Å². The number of hydrogen-bond acceptors (Lipinski definition) is 7. The Morgan fingerprint density at radius 1 is 1.35 bits per heavy atom. The molecule has 7 nitrogen and oxygen atoms in total. The van der Waals surface area contributed by atoms with Crippen molar-refractivity contribution < 1.29 is 0 Å². The van der Waals surface area contributed by atoms with Crippen molar-refractivity contribution in [2.45, 2.75) is 0 Å². The van der Waals surface area contributed by atoms with Crippen LogP contribution >= 0.6 is 23.3 Å². The maximum absolute atomic E-state index is 5.96. The maximum atomic E-state index is 5.96. The average molecular weight is 308 g/mol. The minimum absolute atomic E-state index is 0.312. The molecule has 2 heterocycles. The van der Waals surface area contributed by atoms with Gasteiger partial charge in [0, 0.05) is 19.8 Å². The first kappa shape index (κ1) is 12.9. The summed E-state index contributed by atoms with van der Waals surface area (Å²) in [6.07, 6.45) is 0. The molecule has 0 spiro atoms. The van der Waals surface area contributed by atoms with Gasteiger partial charge in [-0.25, -0.2) is 4.68 Å². The molecule has 20 heavy (non-hydrogen) atoms. The predicted molar refractivity (Wildman–Crippen MR) is 80.0 cm³/mol. The number of aryl methyl sites for hydroxylation is 1. The molecule has 0 aliphatic heterocycles. The van der Waals surface area contributed by atoms with Crippen LogP contribution < -0.4 is 5.32 Å². The second-order valence-corrected chi connectivity index (χ2v) is 4.88. The van der Waals surface area contributed by atoms with Crippen LogP contribution in [0.2, 0.25) is 0 Å². The van der Waals surface area contributed by atoms with Gasteiger partial charge in [-0.3, -0.25) is 4.99 Å². The molecule has 2 aromatic heterocycles. The Hall–Kier alpha value is -2.06. The van der Waals surface area contributed by atoms with E-state index in [9.17, 15) is 0 Å². The molecule has 1 aromatic carbocycles. The lowest BCUT2D eigenvalue weighted by atomic mass is 10.3. The summed E-state index contributed by atoms with van der Waals surface area (Å²) < 4.78 is 9.91.